The van der Waals surface area contributed by atoms with E-state index < -0.39 is 5.97 Å². The highest BCUT2D eigenvalue weighted by Crippen LogP contribution is 1.79. The molecular formula is C5H9NO2S. The van der Waals surface area contributed by atoms with Crippen LogP contribution in [0.5, 0.6) is 0 Å². The molecule has 0 rings (SSSR count). The van der Waals surface area contributed by atoms with Crippen LogP contribution in [0.15, 0.2) is 0 Å². The van der Waals surface area contributed by atoms with Crippen LogP contribution in [0.1, 0.15) is 13.3 Å². The summed E-state index contributed by atoms with van der Waals surface area (Å²) < 4.78 is 0. The Morgan fingerprint density at radius 2 is 2.22 bits per heavy atom. The fraction of sp³-hybridized carbons (Fsp3) is 0.600. The zero-order valence-electron chi connectivity index (χ0n) is 5.16. The van der Waals surface area contributed by atoms with E-state index in [2.05, 4.69) is 12.6 Å². The minimum atomic E-state index is -0.787. The highest BCUT2D eigenvalue weighted by atomic mass is 32.1. The van der Waals surface area contributed by atoms with Gasteiger partial charge in [0.1, 0.15) is 0 Å². The van der Waals surface area contributed by atoms with Crippen molar-refractivity contribution in [2.24, 2.45) is 0 Å². The molecule has 4 heteroatoms. The molecule has 0 aliphatic rings. The normalized spacial score (nSPS) is 6.33. The Kier molecular flexibility index (Phi) is 12.8. The molecule has 0 saturated carbocycles. The minimum Gasteiger partial charge on any atom is -0.481 e. The first kappa shape index (κ1) is 11.2. The van der Waals surface area contributed by atoms with Gasteiger partial charge in [-0.25, -0.2) is 0 Å². The van der Waals surface area contributed by atoms with Crippen molar-refractivity contribution in [2.75, 3.05) is 5.75 Å². The molecule has 0 aliphatic heterocycles. The lowest BCUT2D eigenvalue weighted by Crippen LogP contribution is -1.93. The van der Waals surface area contributed by atoms with E-state index in [0.29, 0.717) is 5.75 Å². The van der Waals surface area contributed by atoms with Crippen LogP contribution in [0.2, 0.25) is 0 Å². The maximum absolute atomic E-state index is 9.55. The number of nitrogens with zero attached hydrogens (tertiary/aromatic N) is 1. The van der Waals surface area contributed by atoms with Gasteiger partial charge in [-0.3, -0.25) is 4.79 Å². The number of hydrogen-bond acceptors (Lipinski definition) is 3. The first-order chi connectivity index (χ1) is 4.18. The van der Waals surface area contributed by atoms with E-state index in [0.717, 1.165) is 0 Å². The van der Waals surface area contributed by atoms with Crippen LogP contribution >= 0.6 is 12.6 Å². The maximum Gasteiger partial charge on any atom is 0.304 e. The maximum atomic E-state index is 9.55. The zero-order chi connectivity index (χ0) is 7.70. The lowest BCUT2D eigenvalue weighted by Gasteiger charge is -1.79. The summed E-state index contributed by atoms with van der Waals surface area (Å²) in [5.74, 6) is -0.361. The molecule has 0 fully saturated rings. The number of hydrogen-bond donors (Lipinski definition) is 2. The van der Waals surface area contributed by atoms with E-state index in [1.165, 1.54) is 6.92 Å². The van der Waals surface area contributed by atoms with Crippen molar-refractivity contribution in [1.82, 2.24) is 0 Å². The van der Waals surface area contributed by atoms with E-state index >= 15 is 0 Å². The lowest BCUT2D eigenvalue weighted by atomic mass is 10.5. The third kappa shape index (κ3) is 38.6. The Hall–Kier alpha value is -0.690. The van der Waals surface area contributed by atoms with Crippen LogP contribution in [0, 0.1) is 11.3 Å². The Morgan fingerprint density at radius 1 is 1.89 bits per heavy atom. The predicted octanol–water partition coefficient (Wildman–Crippen LogP) is 0.921. The Bertz CT molecular complexity index is 108. The molecule has 9 heavy (non-hydrogen) atoms. The second-order valence-electron chi connectivity index (χ2n) is 1.09. The first-order valence-electron chi connectivity index (χ1n) is 2.32. The molecule has 3 nitrogen and oxygen atoms in total. The molecule has 0 bridgehead atoms. The van der Waals surface area contributed by atoms with Gasteiger partial charge < -0.3 is 5.11 Å². The Labute approximate surface area is 59.7 Å². The summed E-state index contributed by atoms with van der Waals surface area (Å²) in [4.78, 5) is 9.55. The summed E-state index contributed by atoms with van der Waals surface area (Å²) in [6.45, 7) is 1.43. The van der Waals surface area contributed by atoms with E-state index in [-0.39, 0.29) is 6.42 Å². The highest BCUT2D eigenvalue weighted by molar-refractivity contribution is 7.80. The van der Waals surface area contributed by atoms with Gasteiger partial charge in [0.2, 0.25) is 0 Å². The van der Waals surface area contributed by atoms with Gasteiger partial charge >= 0.3 is 5.97 Å². The molecule has 0 aromatic rings. The Balaban J connectivity index is 0. The summed E-state index contributed by atoms with van der Waals surface area (Å²) in [5.41, 5.74) is 0. The molecular weight excluding hydrogens is 138 g/mol. The molecule has 0 heterocycles. The summed E-state index contributed by atoms with van der Waals surface area (Å²) in [5, 5.41) is 15.2. The van der Waals surface area contributed by atoms with E-state index in [4.69, 9.17) is 10.4 Å². The highest BCUT2D eigenvalue weighted by Gasteiger charge is 1.88. The molecule has 0 aromatic heterocycles. The van der Waals surface area contributed by atoms with Crippen molar-refractivity contribution in [2.45, 2.75) is 13.3 Å². The number of carboxylic acid groups (broad SMARTS) is 1. The number of thiol groups is 1. The fourth-order valence-corrected chi connectivity index (χ4v) is 0.287. The van der Waals surface area contributed by atoms with Gasteiger partial charge in [0, 0.05) is 12.7 Å². The fourth-order valence-electron chi connectivity index (χ4n) is 0.0956. The summed E-state index contributed by atoms with van der Waals surface area (Å²) in [6.07, 6.45) is 0.156. The van der Waals surface area contributed by atoms with Crippen LogP contribution in [0.4, 0.5) is 0 Å². The third-order valence-electron chi connectivity index (χ3n) is 0.326. The number of carboxylic acids is 1. The van der Waals surface area contributed by atoms with Crippen LogP contribution in [-0.4, -0.2) is 16.8 Å². The van der Waals surface area contributed by atoms with Crippen LogP contribution < -0.4 is 0 Å². The topological polar surface area (TPSA) is 61.1 Å². The largest absolute Gasteiger partial charge is 0.481 e. The van der Waals surface area contributed by atoms with Crippen molar-refractivity contribution in [3.05, 3.63) is 0 Å². The standard InChI is InChI=1S/C3H6O2S.C2H3N/c4-3(5)1-2-6;1-2-3/h6H,1-2H2,(H,4,5);1H3. The second-order valence-corrected chi connectivity index (χ2v) is 1.54. The zero-order valence-corrected chi connectivity index (χ0v) is 6.06. The minimum absolute atomic E-state index is 0.156. The third-order valence-corrected chi connectivity index (χ3v) is 0.549. The lowest BCUT2D eigenvalue weighted by molar-refractivity contribution is -0.136. The van der Waals surface area contributed by atoms with Crippen molar-refractivity contribution >= 4 is 18.6 Å². The molecule has 0 aromatic carbocycles. The van der Waals surface area contributed by atoms with Gasteiger partial charge in [-0.1, -0.05) is 0 Å². The van der Waals surface area contributed by atoms with E-state index in [1.54, 1.807) is 6.07 Å². The molecule has 0 amide bonds. The van der Waals surface area contributed by atoms with Crippen LogP contribution in [-0.2, 0) is 4.79 Å². The SMILES string of the molecule is CC#N.O=C(O)CCS. The van der Waals surface area contributed by atoms with Gasteiger partial charge in [-0.15, -0.1) is 0 Å². The molecule has 1 N–H and O–H groups in total. The number of nitriles is 1. The van der Waals surface area contributed by atoms with E-state index in [1.807, 2.05) is 0 Å². The Morgan fingerprint density at radius 3 is 2.22 bits per heavy atom. The number of carbonyl (C=O) groups is 1. The molecule has 0 atom stereocenters. The van der Waals surface area contributed by atoms with Crippen molar-refractivity contribution < 1.29 is 9.90 Å². The van der Waals surface area contributed by atoms with Crippen molar-refractivity contribution in [3.8, 4) is 6.07 Å². The second kappa shape index (κ2) is 10.3. The van der Waals surface area contributed by atoms with Crippen LogP contribution in [0.3, 0.4) is 0 Å². The molecule has 0 radical (unpaired) electrons. The van der Waals surface area contributed by atoms with Gasteiger partial charge in [-0.05, 0) is 0 Å². The summed E-state index contributed by atoms with van der Waals surface area (Å²) in [7, 11) is 0. The average molecular weight is 147 g/mol. The molecule has 0 aliphatic carbocycles. The van der Waals surface area contributed by atoms with Gasteiger partial charge in [0.25, 0.3) is 0 Å². The predicted molar refractivity (Wildman–Crippen MR) is 37.4 cm³/mol. The van der Waals surface area contributed by atoms with Crippen molar-refractivity contribution in [1.29, 1.82) is 5.26 Å². The molecule has 0 unspecified atom stereocenters. The van der Waals surface area contributed by atoms with Crippen molar-refractivity contribution in [3.63, 3.8) is 0 Å². The average Bonchev–Trinajstić information content (AvgIpc) is 1.67. The monoisotopic (exact) mass is 147 g/mol. The quantitative estimate of drug-likeness (QED) is 0.571. The summed E-state index contributed by atoms with van der Waals surface area (Å²) in [6, 6.07) is 1.75. The summed E-state index contributed by atoms with van der Waals surface area (Å²) >= 11 is 3.68. The molecule has 0 saturated heterocycles. The van der Waals surface area contributed by atoms with Gasteiger partial charge in [0.05, 0.1) is 12.5 Å². The van der Waals surface area contributed by atoms with Crippen LogP contribution in [0.25, 0.3) is 0 Å². The van der Waals surface area contributed by atoms with E-state index in [9.17, 15) is 4.79 Å². The first-order valence-corrected chi connectivity index (χ1v) is 2.95. The number of rotatable bonds is 2. The number of aliphatic carboxylic acids is 1. The molecule has 52 valence electrons. The smallest absolute Gasteiger partial charge is 0.304 e. The van der Waals surface area contributed by atoms with Gasteiger partial charge in [-0.2, -0.15) is 17.9 Å². The van der Waals surface area contributed by atoms with Gasteiger partial charge in [0.15, 0.2) is 0 Å². The molecule has 0 spiro atoms.